The minimum absolute atomic E-state index is 0.0501. The second-order valence-electron chi connectivity index (χ2n) is 7.94. The monoisotopic (exact) mass is 459 g/mol. The van der Waals surface area contributed by atoms with Gasteiger partial charge in [0.15, 0.2) is 11.5 Å². The summed E-state index contributed by atoms with van der Waals surface area (Å²) >= 11 is 6.10. The van der Waals surface area contributed by atoms with Gasteiger partial charge in [-0.1, -0.05) is 47.5 Å². The molecule has 2 heterocycles. The molecule has 5 rings (SSSR count). The summed E-state index contributed by atoms with van der Waals surface area (Å²) in [7, 11) is 0. The van der Waals surface area contributed by atoms with E-state index in [1.807, 2.05) is 50.2 Å². The zero-order chi connectivity index (χ0) is 23.1. The number of hydrogen-bond acceptors (Lipinski definition) is 4. The first-order valence-electron chi connectivity index (χ1n) is 10.7. The Bertz CT molecular complexity index is 1330. The largest absolute Gasteiger partial charge is 0.504 e. The standard InChI is InChI=1S/C26H22ClN3O3/c1-3-33-21-14-17(8-13-20(21)31)25-22-23(16-6-4-15(2)5-7-16)28-29-24(22)26(32)30(25)19-11-9-18(27)10-12-19/h4-14,25,31H,3H2,1-2H3,(H,28,29)/t25-/m1/s1. The number of aromatic hydroxyl groups is 1. The van der Waals surface area contributed by atoms with E-state index in [2.05, 4.69) is 10.2 Å². The number of nitrogens with one attached hydrogen (secondary N) is 1. The summed E-state index contributed by atoms with van der Waals surface area (Å²) in [4.78, 5) is 15.3. The number of benzene rings is 3. The van der Waals surface area contributed by atoms with Gasteiger partial charge in [0.1, 0.15) is 5.69 Å². The van der Waals surface area contributed by atoms with Crippen molar-refractivity contribution < 1.29 is 14.6 Å². The molecule has 0 saturated carbocycles. The third kappa shape index (κ3) is 3.62. The van der Waals surface area contributed by atoms with Gasteiger partial charge in [0.25, 0.3) is 5.91 Å². The van der Waals surface area contributed by atoms with Crippen molar-refractivity contribution in [3.8, 4) is 22.8 Å². The Hall–Kier alpha value is -3.77. The molecule has 3 aromatic carbocycles. The van der Waals surface area contributed by atoms with E-state index in [9.17, 15) is 9.90 Å². The number of ether oxygens (including phenoxy) is 1. The fourth-order valence-corrected chi connectivity index (χ4v) is 4.36. The molecule has 0 bridgehead atoms. The van der Waals surface area contributed by atoms with Crippen LogP contribution in [0.3, 0.4) is 0 Å². The van der Waals surface area contributed by atoms with Crippen LogP contribution in [-0.2, 0) is 0 Å². The molecule has 1 aliphatic rings. The number of phenols is 1. The Morgan fingerprint density at radius 2 is 1.82 bits per heavy atom. The molecule has 0 saturated heterocycles. The molecule has 1 amide bonds. The molecule has 166 valence electrons. The van der Waals surface area contributed by atoms with Gasteiger partial charge in [-0.3, -0.25) is 14.8 Å². The molecule has 0 fully saturated rings. The highest BCUT2D eigenvalue weighted by molar-refractivity contribution is 6.30. The van der Waals surface area contributed by atoms with Gasteiger partial charge >= 0.3 is 0 Å². The lowest BCUT2D eigenvalue weighted by atomic mass is 9.95. The van der Waals surface area contributed by atoms with E-state index < -0.39 is 6.04 Å². The van der Waals surface area contributed by atoms with Gasteiger partial charge in [0.05, 0.1) is 18.3 Å². The van der Waals surface area contributed by atoms with E-state index in [0.717, 1.165) is 22.3 Å². The molecule has 7 heteroatoms. The Morgan fingerprint density at radius 1 is 1.09 bits per heavy atom. The first-order chi connectivity index (χ1) is 16.0. The van der Waals surface area contributed by atoms with Crippen LogP contribution in [0.5, 0.6) is 11.5 Å². The number of nitrogens with zero attached hydrogens (tertiary/aromatic N) is 2. The van der Waals surface area contributed by atoms with Gasteiger partial charge in [-0.25, -0.2) is 0 Å². The molecule has 0 spiro atoms. The fourth-order valence-electron chi connectivity index (χ4n) is 4.23. The number of rotatable bonds is 5. The summed E-state index contributed by atoms with van der Waals surface area (Å²) in [5.41, 5.74) is 5.50. The number of halogens is 1. The predicted octanol–water partition coefficient (Wildman–Crippen LogP) is 5.89. The number of hydrogen-bond donors (Lipinski definition) is 2. The lowest BCUT2D eigenvalue weighted by Crippen LogP contribution is -2.29. The van der Waals surface area contributed by atoms with Crippen molar-refractivity contribution >= 4 is 23.2 Å². The van der Waals surface area contributed by atoms with E-state index in [-0.39, 0.29) is 11.7 Å². The number of H-pyrrole nitrogens is 1. The fraction of sp³-hybridized carbons (Fsp3) is 0.154. The molecule has 4 aromatic rings. The van der Waals surface area contributed by atoms with Crippen LogP contribution < -0.4 is 9.64 Å². The molecular weight excluding hydrogens is 438 g/mol. The van der Waals surface area contributed by atoms with E-state index in [1.54, 1.807) is 35.2 Å². The topological polar surface area (TPSA) is 78.5 Å². The van der Waals surface area contributed by atoms with E-state index in [1.165, 1.54) is 0 Å². The quantitative estimate of drug-likeness (QED) is 0.390. The molecule has 0 aliphatic carbocycles. The minimum Gasteiger partial charge on any atom is -0.504 e. The van der Waals surface area contributed by atoms with Gasteiger partial charge in [0.2, 0.25) is 0 Å². The Morgan fingerprint density at radius 3 is 2.52 bits per heavy atom. The number of fused-ring (bicyclic) bond motifs is 1. The van der Waals surface area contributed by atoms with E-state index in [4.69, 9.17) is 16.3 Å². The molecule has 0 unspecified atom stereocenters. The van der Waals surface area contributed by atoms with Crippen molar-refractivity contribution in [2.45, 2.75) is 19.9 Å². The second-order valence-corrected chi connectivity index (χ2v) is 8.38. The van der Waals surface area contributed by atoms with Gasteiger partial charge in [-0.15, -0.1) is 0 Å². The summed E-state index contributed by atoms with van der Waals surface area (Å²) in [6, 6.07) is 19.9. The number of aromatic amines is 1. The van der Waals surface area contributed by atoms with Crippen molar-refractivity contribution in [2.24, 2.45) is 0 Å². The maximum atomic E-state index is 13.6. The van der Waals surface area contributed by atoms with Crippen LogP contribution in [0.2, 0.25) is 5.02 Å². The summed E-state index contributed by atoms with van der Waals surface area (Å²) in [5, 5.41) is 18.3. The first-order valence-corrected chi connectivity index (χ1v) is 11.1. The molecular formula is C26H22ClN3O3. The lowest BCUT2D eigenvalue weighted by molar-refractivity contribution is 0.0988. The highest BCUT2D eigenvalue weighted by atomic mass is 35.5. The SMILES string of the molecule is CCOc1cc([C@@H]2c3c(-c4ccc(C)cc4)n[nH]c3C(=O)N2c2ccc(Cl)cc2)ccc1O. The maximum absolute atomic E-state index is 13.6. The molecule has 1 aliphatic heterocycles. The van der Waals surface area contributed by atoms with Crippen LogP contribution in [0, 0.1) is 6.92 Å². The van der Waals surface area contributed by atoms with Crippen molar-refractivity contribution in [1.29, 1.82) is 0 Å². The highest BCUT2D eigenvalue weighted by Gasteiger charge is 2.43. The van der Waals surface area contributed by atoms with Crippen LogP contribution in [0.25, 0.3) is 11.3 Å². The molecule has 6 nitrogen and oxygen atoms in total. The lowest BCUT2D eigenvalue weighted by Gasteiger charge is -2.27. The number of carbonyl (C=O) groups is 1. The van der Waals surface area contributed by atoms with Crippen LogP contribution >= 0.6 is 11.6 Å². The summed E-state index contributed by atoms with van der Waals surface area (Å²) in [5.74, 6) is 0.232. The van der Waals surface area contributed by atoms with Crippen LogP contribution in [0.4, 0.5) is 5.69 Å². The van der Waals surface area contributed by atoms with Crippen LogP contribution in [0.15, 0.2) is 66.7 Å². The van der Waals surface area contributed by atoms with Gasteiger partial charge in [-0.05, 0) is 55.8 Å². The summed E-state index contributed by atoms with van der Waals surface area (Å²) in [6.07, 6.45) is 0. The average molecular weight is 460 g/mol. The Balaban J connectivity index is 1.72. The van der Waals surface area contributed by atoms with Crippen molar-refractivity contribution in [2.75, 3.05) is 11.5 Å². The van der Waals surface area contributed by atoms with Crippen molar-refractivity contribution in [3.63, 3.8) is 0 Å². The third-order valence-corrected chi connectivity index (χ3v) is 6.05. The van der Waals surface area contributed by atoms with Crippen molar-refractivity contribution in [3.05, 3.63) is 94.1 Å². The molecule has 2 N–H and O–H groups in total. The number of anilines is 1. The predicted molar refractivity (Wildman–Crippen MR) is 128 cm³/mol. The first kappa shape index (κ1) is 21.1. The molecule has 1 aromatic heterocycles. The summed E-state index contributed by atoms with van der Waals surface area (Å²) in [6.45, 7) is 4.29. The maximum Gasteiger partial charge on any atom is 0.277 e. The number of aryl methyl sites for hydroxylation is 1. The van der Waals surface area contributed by atoms with Gasteiger partial charge < -0.3 is 9.84 Å². The van der Waals surface area contributed by atoms with Crippen molar-refractivity contribution in [1.82, 2.24) is 10.2 Å². The number of carbonyl (C=O) groups excluding carboxylic acids is 1. The van der Waals surface area contributed by atoms with Crippen LogP contribution in [0.1, 0.15) is 40.1 Å². The normalized spacial score (nSPS) is 15.1. The zero-order valence-electron chi connectivity index (χ0n) is 18.2. The zero-order valence-corrected chi connectivity index (χ0v) is 18.9. The van der Waals surface area contributed by atoms with Gasteiger partial charge in [-0.2, -0.15) is 5.10 Å². The Labute approximate surface area is 196 Å². The smallest absolute Gasteiger partial charge is 0.277 e. The Kier molecular flexibility index (Phi) is 5.30. The summed E-state index contributed by atoms with van der Waals surface area (Å²) < 4.78 is 5.62. The number of phenolic OH excluding ortho intramolecular Hbond substituents is 1. The minimum atomic E-state index is -0.469. The second kappa shape index (κ2) is 8.30. The number of amides is 1. The third-order valence-electron chi connectivity index (χ3n) is 5.80. The van der Waals surface area contributed by atoms with E-state index in [0.29, 0.717) is 34.5 Å². The van der Waals surface area contributed by atoms with E-state index >= 15 is 0 Å². The van der Waals surface area contributed by atoms with Gasteiger partial charge in [0, 0.05) is 21.8 Å². The molecule has 1 atom stereocenters. The molecule has 33 heavy (non-hydrogen) atoms. The number of aromatic nitrogens is 2. The highest BCUT2D eigenvalue weighted by Crippen LogP contribution is 2.46. The van der Waals surface area contributed by atoms with Crippen LogP contribution in [-0.4, -0.2) is 27.8 Å². The molecule has 0 radical (unpaired) electrons. The average Bonchev–Trinajstić information content (AvgIpc) is 3.36.